The molecule has 0 spiro atoms. The first-order valence-electron chi connectivity index (χ1n) is 8.39. The number of rotatable bonds is 3. The van der Waals surface area contributed by atoms with Crippen LogP contribution in [0.4, 0.5) is 0 Å². The Bertz CT molecular complexity index is 1140. The van der Waals surface area contributed by atoms with Gasteiger partial charge in [-0.3, -0.25) is 4.79 Å². The third-order valence-electron chi connectivity index (χ3n) is 4.44. The van der Waals surface area contributed by atoms with Crippen molar-refractivity contribution in [1.29, 1.82) is 0 Å². The van der Waals surface area contributed by atoms with E-state index < -0.39 is 0 Å². The quantitative estimate of drug-likeness (QED) is 0.600. The smallest absolute Gasteiger partial charge is 0.217 e. The molecular formula is C19H19N5OS. The van der Waals surface area contributed by atoms with E-state index in [9.17, 15) is 4.79 Å². The average Bonchev–Trinajstić information content (AvgIpc) is 3.18. The monoisotopic (exact) mass is 365 g/mol. The van der Waals surface area contributed by atoms with Crippen molar-refractivity contribution >= 4 is 38.6 Å². The summed E-state index contributed by atoms with van der Waals surface area (Å²) in [5.74, 6) is -0.0406. The summed E-state index contributed by atoms with van der Waals surface area (Å²) in [6.07, 6.45) is 1.80. The van der Waals surface area contributed by atoms with Crippen LogP contribution in [0.25, 0.3) is 32.0 Å². The lowest BCUT2D eigenvalue weighted by molar-refractivity contribution is -0.119. The van der Waals surface area contributed by atoms with Crippen LogP contribution in [0.3, 0.4) is 0 Å². The molecule has 7 heteroatoms. The van der Waals surface area contributed by atoms with Crippen molar-refractivity contribution < 1.29 is 4.79 Å². The first kappa shape index (κ1) is 16.7. The second-order valence-corrected chi connectivity index (χ2v) is 7.45. The Balaban J connectivity index is 1.84. The zero-order chi connectivity index (χ0) is 18.4. The Morgan fingerprint density at radius 3 is 2.85 bits per heavy atom. The fourth-order valence-electron chi connectivity index (χ4n) is 3.17. The number of pyridine rings is 1. The van der Waals surface area contributed by atoms with Crippen molar-refractivity contribution in [3.8, 4) is 10.6 Å². The Labute approximate surface area is 154 Å². The molecule has 4 rings (SSSR count). The molecule has 0 fully saturated rings. The summed E-state index contributed by atoms with van der Waals surface area (Å²) in [7, 11) is 1.98. The van der Waals surface area contributed by atoms with E-state index in [1.54, 1.807) is 17.7 Å². The van der Waals surface area contributed by atoms with E-state index in [0.29, 0.717) is 0 Å². The van der Waals surface area contributed by atoms with Gasteiger partial charge in [0.25, 0.3) is 0 Å². The van der Waals surface area contributed by atoms with Gasteiger partial charge in [0.05, 0.1) is 23.6 Å². The van der Waals surface area contributed by atoms with Crippen LogP contribution < -0.4 is 5.32 Å². The normalized spacial score (nSPS) is 12.6. The minimum atomic E-state index is -0.0500. The van der Waals surface area contributed by atoms with Gasteiger partial charge in [-0.1, -0.05) is 29.5 Å². The molecule has 0 radical (unpaired) electrons. The van der Waals surface area contributed by atoms with Gasteiger partial charge in [0, 0.05) is 19.5 Å². The van der Waals surface area contributed by atoms with Gasteiger partial charge < -0.3 is 9.88 Å². The van der Waals surface area contributed by atoms with Gasteiger partial charge in [0.1, 0.15) is 20.9 Å². The molecule has 6 nitrogen and oxygen atoms in total. The third kappa shape index (κ3) is 2.74. The summed E-state index contributed by atoms with van der Waals surface area (Å²) in [6, 6.07) is 8.07. The number of hydrogen-bond acceptors (Lipinski definition) is 5. The highest BCUT2D eigenvalue weighted by atomic mass is 32.1. The Kier molecular flexibility index (Phi) is 3.96. The number of aromatic nitrogens is 4. The van der Waals surface area contributed by atoms with Crippen molar-refractivity contribution in [2.45, 2.75) is 26.8 Å². The number of carbonyl (C=O) groups excluding carboxylic acids is 1. The predicted octanol–water partition coefficient (Wildman–Crippen LogP) is 3.75. The molecule has 26 heavy (non-hydrogen) atoms. The number of aryl methyl sites for hydroxylation is 2. The van der Waals surface area contributed by atoms with Crippen LogP contribution in [-0.4, -0.2) is 25.4 Å². The summed E-state index contributed by atoms with van der Waals surface area (Å²) < 4.78 is 1.99. The van der Waals surface area contributed by atoms with Crippen molar-refractivity contribution in [2.24, 2.45) is 7.05 Å². The van der Waals surface area contributed by atoms with Crippen LogP contribution in [0.1, 0.15) is 31.1 Å². The van der Waals surface area contributed by atoms with Gasteiger partial charge in [0.15, 0.2) is 0 Å². The molecule has 0 aliphatic heterocycles. The van der Waals surface area contributed by atoms with Crippen molar-refractivity contribution in [3.63, 3.8) is 0 Å². The topological polar surface area (TPSA) is 72.7 Å². The summed E-state index contributed by atoms with van der Waals surface area (Å²) >= 11 is 1.58. The first-order valence-corrected chi connectivity index (χ1v) is 9.21. The van der Waals surface area contributed by atoms with Gasteiger partial charge in [-0.15, -0.1) is 0 Å². The second kappa shape index (κ2) is 6.17. The summed E-state index contributed by atoms with van der Waals surface area (Å²) in [4.78, 5) is 26.2. The molecule has 1 N–H and O–H groups in total. The number of carbonyl (C=O) groups is 1. The average molecular weight is 365 g/mol. The van der Waals surface area contributed by atoms with Crippen LogP contribution in [0, 0.1) is 6.92 Å². The van der Waals surface area contributed by atoms with Gasteiger partial charge in [0.2, 0.25) is 5.91 Å². The van der Waals surface area contributed by atoms with E-state index >= 15 is 0 Å². The maximum Gasteiger partial charge on any atom is 0.217 e. The van der Waals surface area contributed by atoms with Gasteiger partial charge >= 0.3 is 0 Å². The Hall–Kier alpha value is -2.80. The molecule has 132 valence electrons. The SMILES string of the molecule is CC(=O)NC(C)c1cccc(-c2nc3c(nc(C)c4ncn(C)c43)s2)c1. The van der Waals surface area contributed by atoms with Gasteiger partial charge in [-0.25, -0.2) is 15.0 Å². The Morgan fingerprint density at radius 1 is 1.27 bits per heavy atom. The fourth-order valence-corrected chi connectivity index (χ4v) is 4.16. The second-order valence-electron chi connectivity index (χ2n) is 6.47. The molecule has 1 amide bonds. The minimum Gasteiger partial charge on any atom is -0.350 e. The van der Waals surface area contributed by atoms with Crippen molar-refractivity contribution in [2.75, 3.05) is 0 Å². The fraction of sp³-hybridized carbons (Fsp3) is 0.263. The molecule has 1 atom stereocenters. The lowest BCUT2D eigenvalue weighted by Gasteiger charge is -2.13. The minimum absolute atomic E-state index is 0.0406. The number of nitrogens with zero attached hydrogens (tertiary/aromatic N) is 4. The number of nitrogens with one attached hydrogen (secondary N) is 1. The zero-order valence-corrected chi connectivity index (χ0v) is 15.9. The van der Waals surface area contributed by atoms with Crippen LogP contribution in [0.15, 0.2) is 30.6 Å². The third-order valence-corrected chi connectivity index (χ3v) is 5.43. The molecule has 0 saturated carbocycles. The van der Waals surface area contributed by atoms with Crippen molar-refractivity contribution in [1.82, 2.24) is 24.8 Å². The molecule has 3 aromatic heterocycles. The van der Waals surface area contributed by atoms with E-state index in [-0.39, 0.29) is 11.9 Å². The lowest BCUT2D eigenvalue weighted by Crippen LogP contribution is -2.23. The van der Waals surface area contributed by atoms with E-state index in [2.05, 4.69) is 21.4 Å². The highest BCUT2D eigenvalue weighted by Crippen LogP contribution is 2.34. The largest absolute Gasteiger partial charge is 0.350 e. The maximum absolute atomic E-state index is 11.3. The van der Waals surface area contributed by atoms with Crippen LogP contribution in [-0.2, 0) is 11.8 Å². The van der Waals surface area contributed by atoms with E-state index in [1.165, 1.54) is 6.92 Å². The van der Waals surface area contributed by atoms with Crippen LogP contribution >= 0.6 is 11.3 Å². The highest BCUT2D eigenvalue weighted by Gasteiger charge is 2.16. The summed E-state index contributed by atoms with van der Waals surface area (Å²) in [5.41, 5.74) is 5.77. The van der Waals surface area contributed by atoms with Crippen LogP contribution in [0.5, 0.6) is 0 Å². The number of amides is 1. The first-order chi connectivity index (χ1) is 12.4. The molecule has 0 saturated heterocycles. The number of imidazole rings is 1. The molecule has 0 bridgehead atoms. The molecule has 4 aromatic rings. The molecule has 0 aliphatic carbocycles. The van der Waals surface area contributed by atoms with Crippen LogP contribution in [0.2, 0.25) is 0 Å². The van der Waals surface area contributed by atoms with Gasteiger partial charge in [-0.05, 0) is 25.5 Å². The number of fused-ring (bicyclic) bond motifs is 3. The molecule has 3 heterocycles. The number of hydrogen-bond donors (Lipinski definition) is 1. The predicted molar refractivity (Wildman–Crippen MR) is 104 cm³/mol. The molecular weight excluding hydrogens is 346 g/mol. The molecule has 1 aromatic carbocycles. The van der Waals surface area contributed by atoms with Crippen molar-refractivity contribution in [3.05, 3.63) is 41.9 Å². The van der Waals surface area contributed by atoms with E-state index in [0.717, 1.165) is 43.2 Å². The Morgan fingerprint density at radius 2 is 2.08 bits per heavy atom. The van der Waals surface area contributed by atoms with Gasteiger partial charge in [-0.2, -0.15) is 0 Å². The maximum atomic E-state index is 11.3. The standard InChI is InChI=1S/C19H19N5OS/c1-10(21-12(3)25)13-6-5-7-14(8-13)18-23-16-17-15(20-9-24(17)4)11(2)22-19(16)26-18/h5-10H,1-4H3,(H,21,25). The number of benzene rings is 1. The summed E-state index contributed by atoms with van der Waals surface area (Å²) in [5, 5.41) is 3.83. The molecule has 0 aliphatic rings. The summed E-state index contributed by atoms with van der Waals surface area (Å²) in [6.45, 7) is 5.48. The lowest BCUT2D eigenvalue weighted by atomic mass is 10.1. The van der Waals surface area contributed by atoms with E-state index in [4.69, 9.17) is 4.98 Å². The van der Waals surface area contributed by atoms with E-state index in [1.807, 2.05) is 43.7 Å². The zero-order valence-electron chi connectivity index (χ0n) is 15.1. The number of thiazole rings is 1. The molecule has 1 unspecified atom stereocenters. The highest BCUT2D eigenvalue weighted by molar-refractivity contribution is 7.21.